The minimum absolute atomic E-state index is 0.0121. The molecule has 3 N–H and O–H groups in total. The lowest BCUT2D eigenvalue weighted by Gasteiger charge is -2.33. The van der Waals surface area contributed by atoms with Crippen LogP contribution in [0.3, 0.4) is 0 Å². The number of nitrogens with zero attached hydrogens (tertiary/aromatic N) is 1. The molecular weight excluding hydrogens is 394 g/mol. The normalized spacial score (nSPS) is 13.0. The molecule has 0 saturated heterocycles. The summed E-state index contributed by atoms with van der Waals surface area (Å²) in [7, 11) is 2.83. The summed E-state index contributed by atoms with van der Waals surface area (Å²) in [5.41, 5.74) is 7.08. The van der Waals surface area contributed by atoms with Crippen LogP contribution in [0.1, 0.15) is 32.3 Å². The van der Waals surface area contributed by atoms with Crippen LogP contribution in [-0.4, -0.2) is 55.5 Å². The number of carbonyl (C=O) groups excluding carboxylic acids is 3. The van der Waals surface area contributed by atoms with E-state index in [0.717, 1.165) is 16.3 Å². The van der Waals surface area contributed by atoms with Crippen LogP contribution in [0.2, 0.25) is 0 Å². The van der Waals surface area contributed by atoms with E-state index in [-0.39, 0.29) is 30.7 Å². The summed E-state index contributed by atoms with van der Waals surface area (Å²) in [5, 5.41) is 4.80. The van der Waals surface area contributed by atoms with E-state index in [9.17, 15) is 14.4 Å². The average molecular weight is 428 g/mol. The molecule has 31 heavy (non-hydrogen) atoms. The van der Waals surface area contributed by atoms with Gasteiger partial charge in [-0.05, 0) is 28.7 Å². The Morgan fingerprint density at radius 2 is 1.77 bits per heavy atom. The van der Waals surface area contributed by atoms with E-state index in [0.29, 0.717) is 12.8 Å². The van der Waals surface area contributed by atoms with Gasteiger partial charge in [-0.25, -0.2) is 0 Å². The predicted octanol–water partition coefficient (Wildman–Crippen LogP) is 2.26. The summed E-state index contributed by atoms with van der Waals surface area (Å²) in [4.78, 5) is 39.2. The van der Waals surface area contributed by atoms with E-state index >= 15 is 0 Å². The van der Waals surface area contributed by atoms with Crippen molar-refractivity contribution in [2.45, 2.75) is 45.2 Å². The van der Waals surface area contributed by atoms with Crippen molar-refractivity contribution in [3.63, 3.8) is 0 Å². The summed E-state index contributed by atoms with van der Waals surface area (Å²) in [6.45, 7) is 4.03. The first kappa shape index (κ1) is 24.3. The highest BCUT2D eigenvalue weighted by atomic mass is 16.5. The van der Waals surface area contributed by atoms with Crippen LogP contribution in [0.5, 0.6) is 0 Å². The van der Waals surface area contributed by atoms with Gasteiger partial charge < -0.3 is 20.7 Å². The summed E-state index contributed by atoms with van der Waals surface area (Å²) in [5.74, 6) is -0.868. The van der Waals surface area contributed by atoms with Crippen LogP contribution >= 0.6 is 0 Å². The number of hydrogen-bond donors (Lipinski definition) is 2. The molecule has 2 aromatic carbocycles. The smallest absolute Gasteiger partial charge is 0.307 e. The number of rotatable bonds is 10. The van der Waals surface area contributed by atoms with Crippen molar-refractivity contribution < 1.29 is 19.1 Å². The fourth-order valence-corrected chi connectivity index (χ4v) is 3.66. The van der Waals surface area contributed by atoms with Crippen molar-refractivity contribution in [3.05, 3.63) is 48.0 Å². The Morgan fingerprint density at radius 3 is 2.39 bits per heavy atom. The molecule has 7 heteroatoms. The molecule has 2 amide bonds. The highest BCUT2D eigenvalue weighted by molar-refractivity contribution is 5.90. The zero-order valence-corrected chi connectivity index (χ0v) is 18.8. The van der Waals surface area contributed by atoms with Crippen molar-refractivity contribution in [3.8, 4) is 0 Å². The molecule has 0 bridgehead atoms. The maximum absolute atomic E-state index is 13.2. The number of nitrogens with one attached hydrogen (secondary N) is 1. The standard InChI is InChI=1S/C24H33N3O4/c1-16(2)13-20(25)24(30)27(12-11-22(28)31-4)21(23(29)26-3)15-17-9-10-18-7-5-6-8-19(18)14-17/h5-10,14,16,20-21H,11-13,15,25H2,1-4H3,(H,26,29)/t20-,21-/m0/s1. The van der Waals surface area contributed by atoms with E-state index in [4.69, 9.17) is 10.5 Å². The Hall–Kier alpha value is -2.93. The largest absolute Gasteiger partial charge is 0.469 e. The van der Waals surface area contributed by atoms with E-state index in [1.54, 1.807) is 0 Å². The van der Waals surface area contributed by atoms with Crippen molar-refractivity contribution in [1.29, 1.82) is 0 Å². The Labute approximate surface area is 183 Å². The molecule has 168 valence electrons. The number of nitrogens with two attached hydrogens (primary N) is 1. The molecule has 0 aliphatic heterocycles. The van der Waals surface area contributed by atoms with Crippen LogP contribution in [0, 0.1) is 5.92 Å². The summed E-state index contributed by atoms with van der Waals surface area (Å²) >= 11 is 0. The van der Waals surface area contributed by atoms with Gasteiger partial charge in [-0.3, -0.25) is 14.4 Å². The van der Waals surface area contributed by atoms with Gasteiger partial charge in [0, 0.05) is 20.0 Å². The minimum Gasteiger partial charge on any atom is -0.469 e. The number of likely N-dealkylation sites (N-methyl/N-ethyl adjacent to an activating group) is 1. The van der Waals surface area contributed by atoms with Crippen molar-refractivity contribution in [2.75, 3.05) is 20.7 Å². The second-order valence-corrected chi connectivity index (χ2v) is 8.11. The summed E-state index contributed by atoms with van der Waals surface area (Å²) in [6.07, 6.45) is 0.789. The van der Waals surface area contributed by atoms with Crippen LogP contribution in [-0.2, 0) is 25.5 Å². The van der Waals surface area contributed by atoms with E-state index in [1.165, 1.54) is 19.1 Å². The van der Waals surface area contributed by atoms with E-state index in [2.05, 4.69) is 5.32 Å². The fraction of sp³-hybridized carbons (Fsp3) is 0.458. The fourth-order valence-electron chi connectivity index (χ4n) is 3.66. The summed E-state index contributed by atoms with van der Waals surface area (Å²) < 4.78 is 4.73. The van der Waals surface area contributed by atoms with Gasteiger partial charge in [0.1, 0.15) is 6.04 Å². The topological polar surface area (TPSA) is 102 Å². The number of hydrogen-bond acceptors (Lipinski definition) is 5. The second kappa shape index (κ2) is 11.5. The van der Waals surface area contributed by atoms with Crippen LogP contribution in [0.25, 0.3) is 10.8 Å². The van der Waals surface area contributed by atoms with Gasteiger partial charge in [0.2, 0.25) is 11.8 Å². The third kappa shape index (κ3) is 6.79. The van der Waals surface area contributed by atoms with Gasteiger partial charge in [-0.15, -0.1) is 0 Å². The lowest BCUT2D eigenvalue weighted by Crippen LogP contribution is -2.55. The molecule has 0 aliphatic rings. The molecule has 7 nitrogen and oxygen atoms in total. The number of esters is 1. The molecule has 0 saturated carbocycles. The second-order valence-electron chi connectivity index (χ2n) is 8.11. The first-order valence-electron chi connectivity index (χ1n) is 10.6. The van der Waals surface area contributed by atoms with Gasteiger partial charge >= 0.3 is 5.97 Å². The molecule has 0 radical (unpaired) electrons. The number of ether oxygens (including phenoxy) is 1. The SMILES string of the molecule is CNC(=O)[C@H](Cc1ccc2ccccc2c1)N(CCC(=O)OC)C(=O)[C@@H](N)CC(C)C. The van der Waals surface area contributed by atoms with Gasteiger partial charge in [-0.1, -0.05) is 56.3 Å². The summed E-state index contributed by atoms with van der Waals surface area (Å²) in [6, 6.07) is 12.4. The molecule has 0 fully saturated rings. The third-order valence-electron chi connectivity index (χ3n) is 5.28. The van der Waals surface area contributed by atoms with Gasteiger partial charge in [-0.2, -0.15) is 0 Å². The molecule has 0 aromatic heterocycles. The number of carbonyl (C=O) groups is 3. The maximum Gasteiger partial charge on any atom is 0.307 e. The van der Waals surface area contributed by atoms with Crippen molar-refractivity contribution in [2.24, 2.45) is 11.7 Å². The van der Waals surface area contributed by atoms with Crippen LogP contribution < -0.4 is 11.1 Å². The Bertz CT molecular complexity index is 913. The number of methoxy groups -OCH3 is 1. The van der Waals surface area contributed by atoms with Gasteiger partial charge in [0.05, 0.1) is 19.6 Å². The van der Waals surface area contributed by atoms with Gasteiger partial charge in [0.15, 0.2) is 0 Å². The Kier molecular flexibility index (Phi) is 9.00. The maximum atomic E-state index is 13.2. The zero-order chi connectivity index (χ0) is 23.0. The zero-order valence-electron chi connectivity index (χ0n) is 18.8. The number of benzene rings is 2. The number of fused-ring (bicyclic) bond motifs is 1. The first-order valence-corrected chi connectivity index (χ1v) is 10.6. The van der Waals surface area contributed by atoms with Crippen LogP contribution in [0.15, 0.2) is 42.5 Å². The highest BCUT2D eigenvalue weighted by Gasteiger charge is 2.33. The monoisotopic (exact) mass is 427 g/mol. The molecule has 0 unspecified atom stereocenters. The third-order valence-corrected chi connectivity index (χ3v) is 5.28. The lowest BCUT2D eigenvalue weighted by molar-refractivity contribution is -0.145. The first-order chi connectivity index (χ1) is 14.8. The number of amides is 2. The molecule has 2 aromatic rings. The molecule has 2 rings (SSSR count). The molecule has 0 spiro atoms. The van der Waals surface area contributed by atoms with Crippen LogP contribution in [0.4, 0.5) is 0 Å². The minimum atomic E-state index is -0.790. The quantitative estimate of drug-likeness (QED) is 0.567. The van der Waals surface area contributed by atoms with Crippen molar-refractivity contribution in [1.82, 2.24) is 10.2 Å². The lowest BCUT2D eigenvalue weighted by atomic mass is 9.98. The predicted molar refractivity (Wildman–Crippen MR) is 121 cm³/mol. The average Bonchev–Trinajstić information content (AvgIpc) is 2.76. The molecular formula is C24H33N3O4. The van der Waals surface area contributed by atoms with E-state index in [1.807, 2.05) is 56.3 Å². The molecule has 0 heterocycles. The Balaban J connectivity index is 2.36. The van der Waals surface area contributed by atoms with Gasteiger partial charge in [0.25, 0.3) is 0 Å². The van der Waals surface area contributed by atoms with Crippen molar-refractivity contribution >= 4 is 28.6 Å². The Morgan fingerprint density at radius 1 is 1.10 bits per heavy atom. The highest BCUT2D eigenvalue weighted by Crippen LogP contribution is 2.19. The van der Waals surface area contributed by atoms with E-state index < -0.39 is 18.1 Å². The molecule has 2 atom stereocenters. The molecule has 0 aliphatic carbocycles.